The molecule has 0 radical (unpaired) electrons. The van der Waals surface area contributed by atoms with E-state index in [1.165, 1.54) is 0 Å². The normalized spacial score (nSPS) is 10.2. The Hall–Kier alpha value is -2.49. The number of nitrogens with zero attached hydrogens (tertiary/aromatic N) is 1. The van der Waals surface area contributed by atoms with Gasteiger partial charge in [-0.05, 0) is 55.3 Å². The molecule has 0 saturated carbocycles. The second kappa shape index (κ2) is 6.31. The van der Waals surface area contributed by atoms with Gasteiger partial charge in [-0.25, -0.2) is 0 Å². The molecule has 4 heteroatoms. The van der Waals surface area contributed by atoms with E-state index in [-0.39, 0.29) is 12.5 Å². The molecule has 2 aromatic rings. The highest BCUT2D eigenvalue weighted by Gasteiger charge is 2.12. The lowest BCUT2D eigenvalue weighted by Crippen LogP contribution is -2.31. The maximum atomic E-state index is 12.2. The smallest absolute Gasteiger partial charge is 0.264 e. The van der Waals surface area contributed by atoms with Crippen molar-refractivity contribution in [2.75, 3.05) is 24.3 Å². The first-order valence-electron chi connectivity index (χ1n) is 6.80. The third kappa shape index (κ3) is 3.54. The largest absolute Gasteiger partial charge is 0.483 e. The molecule has 2 aromatic carbocycles. The number of ether oxygens (including phenoxy) is 1. The van der Waals surface area contributed by atoms with Gasteiger partial charge >= 0.3 is 0 Å². The zero-order valence-electron chi connectivity index (χ0n) is 12.6. The monoisotopic (exact) mass is 284 g/mol. The highest BCUT2D eigenvalue weighted by molar-refractivity contribution is 5.94. The highest BCUT2D eigenvalue weighted by Crippen LogP contribution is 2.21. The Bertz CT molecular complexity index is 636. The second-order valence-corrected chi connectivity index (χ2v) is 5.03. The van der Waals surface area contributed by atoms with Gasteiger partial charge in [0.2, 0.25) is 0 Å². The lowest BCUT2D eigenvalue weighted by Gasteiger charge is -2.18. The van der Waals surface area contributed by atoms with E-state index >= 15 is 0 Å². The van der Waals surface area contributed by atoms with Crippen LogP contribution in [0.15, 0.2) is 42.5 Å². The maximum Gasteiger partial charge on any atom is 0.264 e. The van der Waals surface area contributed by atoms with Crippen LogP contribution in [0.25, 0.3) is 0 Å². The number of hydrogen-bond donors (Lipinski definition) is 1. The fourth-order valence-electron chi connectivity index (χ4n) is 1.96. The Labute approximate surface area is 125 Å². The van der Waals surface area contributed by atoms with E-state index in [9.17, 15) is 4.79 Å². The van der Waals surface area contributed by atoms with Gasteiger partial charge in [-0.1, -0.05) is 12.1 Å². The van der Waals surface area contributed by atoms with Crippen molar-refractivity contribution in [3.63, 3.8) is 0 Å². The van der Waals surface area contributed by atoms with Gasteiger partial charge in [0.1, 0.15) is 5.75 Å². The standard InChI is InChI=1S/C17H20N2O2/c1-12-5-4-6-16(13(12)2)21-11-17(20)19(3)15-9-7-14(18)8-10-15/h4-10H,11,18H2,1-3H3. The molecular formula is C17H20N2O2. The van der Waals surface area contributed by atoms with Gasteiger partial charge in [-0.3, -0.25) is 4.79 Å². The number of anilines is 2. The Morgan fingerprint density at radius 1 is 1.14 bits per heavy atom. The molecule has 2 rings (SSSR count). The van der Waals surface area contributed by atoms with Gasteiger partial charge in [0.25, 0.3) is 5.91 Å². The molecule has 110 valence electrons. The zero-order chi connectivity index (χ0) is 15.4. The number of nitrogens with two attached hydrogens (primary N) is 1. The summed E-state index contributed by atoms with van der Waals surface area (Å²) in [7, 11) is 1.72. The van der Waals surface area contributed by atoms with Crippen molar-refractivity contribution in [3.8, 4) is 5.75 Å². The number of aryl methyl sites for hydroxylation is 1. The van der Waals surface area contributed by atoms with Gasteiger partial charge in [-0.15, -0.1) is 0 Å². The first kappa shape index (κ1) is 14.9. The van der Waals surface area contributed by atoms with Crippen LogP contribution in [-0.2, 0) is 4.79 Å². The summed E-state index contributed by atoms with van der Waals surface area (Å²) in [5.74, 6) is 0.634. The lowest BCUT2D eigenvalue weighted by molar-refractivity contribution is -0.120. The van der Waals surface area contributed by atoms with Crippen LogP contribution >= 0.6 is 0 Å². The van der Waals surface area contributed by atoms with Gasteiger partial charge in [0, 0.05) is 18.4 Å². The van der Waals surface area contributed by atoms with Crippen LogP contribution in [0.5, 0.6) is 5.75 Å². The molecule has 0 aliphatic rings. The third-order valence-electron chi connectivity index (χ3n) is 3.56. The average Bonchev–Trinajstić information content (AvgIpc) is 2.48. The molecule has 0 fully saturated rings. The fraction of sp³-hybridized carbons (Fsp3) is 0.235. The van der Waals surface area contributed by atoms with Crippen molar-refractivity contribution in [3.05, 3.63) is 53.6 Å². The Kier molecular flexibility index (Phi) is 4.48. The number of hydrogen-bond acceptors (Lipinski definition) is 3. The second-order valence-electron chi connectivity index (χ2n) is 5.03. The van der Waals surface area contributed by atoms with E-state index in [1.807, 2.05) is 44.2 Å². The number of likely N-dealkylation sites (N-methyl/N-ethyl adjacent to an activating group) is 1. The molecule has 0 bridgehead atoms. The fourth-order valence-corrected chi connectivity index (χ4v) is 1.96. The summed E-state index contributed by atoms with van der Waals surface area (Å²) in [6.45, 7) is 4.01. The highest BCUT2D eigenvalue weighted by atomic mass is 16.5. The van der Waals surface area contributed by atoms with Crippen LogP contribution < -0.4 is 15.4 Å². The molecule has 2 N–H and O–H groups in total. The Morgan fingerprint density at radius 3 is 2.48 bits per heavy atom. The molecule has 1 amide bonds. The summed E-state index contributed by atoms with van der Waals surface area (Å²) in [5.41, 5.74) is 9.30. The van der Waals surface area contributed by atoms with Crippen molar-refractivity contribution in [1.82, 2.24) is 0 Å². The number of benzene rings is 2. The van der Waals surface area contributed by atoms with Crippen LogP contribution in [-0.4, -0.2) is 19.6 Å². The van der Waals surface area contributed by atoms with Crippen LogP contribution in [0.2, 0.25) is 0 Å². The van der Waals surface area contributed by atoms with Crippen molar-refractivity contribution < 1.29 is 9.53 Å². The molecule has 0 aliphatic heterocycles. The van der Waals surface area contributed by atoms with Gasteiger partial charge in [-0.2, -0.15) is 0 Å². The number of carbonyl (C=O) groups is 1. The molecule has 0 heterocycles. The van der Waals surface area contributed by atoms with Crippen molar-refractivity contribution in [2.24, 2.45) is 0 Å². The molecule has 0 spiro atoms. The van der Waals surface area contributed by atoms with E-state index in [4.69, 9.17) is 10.5 Å². The maximum absolute atomic E-state index is 12.2. The Morgan fingerprint density at radius 2 is 1.81 bits per heavy atom. The van der Waals surface area contributed by atoms with Crippen molar-refractivity contribution in [2.45, 2.75) is 13.8 Å². The lowest BCUT2D eigenvalue weighted by atomic mass is 10.1. The van der Waals surface area contributed by atoms with Crippen LogP contribution in [0.4, 0.5) is 11.4 Å². The van der Waals surface area contributed by atoms with E-state index in [2.05, 4.69) is 0 Å². The van der Waals surface area contributed by atoms with Gasteiger partial charge in [0.05, 0.1) is 0 Å². The summed E-state index contributed by atoms with van der Waals surface area (Å²) < 4.78 is 5.63. The summed E-state index contributed by atoms with van der Waals surface area (Å²) in [4.78, 5) is 13.7. The minimum absolute atomic E-state index is 0.00513. The van der Waals surface area contributed by atoms with E-state index in [1.54, 1.807) is 24.1 Å². The molecule has 0 unspecified atom stereocenters. The minimum Gasteiger partial charge on any atom is -0.483 e. The summed E-state index contributed by atoms with van der Waals surface area (Å²) in [6, 6.07) is 13.0. The molecule has 0 atom stereocenters. The van der Waals surface area contributed by atoms with E-state index in [0.29, 0.717) is 5.69 Å². The molecule has 0 aromatic heterocycles. The molecular weight excluding hydrogens is 264 g/mol. The van der Waals surface area contributed by atoms with Gasteiger partial charge < -0.3 is 15.4 Å². The molecule has 0 saturated heterocycles. The zero-order valence-corrected chi connectivity index (χ0v) is 12.6. The minimum atomic E-state index is -0.110. The predicted octanol–water partition coefficient (Wildman–Crippen LogP) is 2.93. The van der Waals surface area contributed by atoms with Crippen LogP contribution in [0, 0.1) is 13.8 Å². The van der Waals surface area contributed by atoms with Crippen LogP contribution in [0.3, 0.4) is 0 Å². The number of amides is 1. The summed E-state index contributed by atoms with van der Waals surface area (Å²) in [5, 5.41) is 0. The third-order valence-corrected chi connectivity index (χ3v) is 3.56. The SMILES string of the molecule is Cc1cccc(OCC(=O)N(C)c2ccc(N)cc2)c1C. The van der Waals surface area contributed by atoms with Gasteiger partial charge in [0.15, 0.2) is 6.61 Å². The van der Waals surface area contributed by atoms with Crippen molar-refractivity contribution >= 4 is 17.3 Å². The number of nitrogen functional groups attached to an aromatic ring is 1. The molecule has 4 nitrogen and oxygen atoms in total. The quantitative estimate of drug-likeness (QED) is 0.878. The van der Waals surface area contributed by atoms with Crippen molar-refractivity contribution in [1.29, 1.82) is 0 Å². The first-order chi connectivity index (χ1) is 9.99. The van der Waals surface area contributed by atoms with E-state index < -0.39 is 0 Å². The summed E-state index contributed by atoms with van der Waals surface area (Å²) in [6.07, 6.45) is 0. The van der Waals surface area contributed by atoms with Crippen LogP contribution in [0.1, 0.15) is 11.1 Å². The number of carbonyl (C=O) groups excluding carboxylic acids is 1. The average molecular weight is 284 g/mol. The molecule has 0 aliphatic carbocycles. The topological polar surface area (TPSA) is 55.6 Å². The summed E-state index contributed by atoms with van der Waals surface area (Å²) >= 11 is 0. The van der Waals surface area contributed by atoms with E-state index in [0.717, 1.165) is 22.6 Å². The number of rotatable bonds is 4. The first-order valence-corrected chi connectivity index (χ1v) is 6.80. The Balaban J connectivity index is 2.01. The predicted molar refractivity (Wildman–Crippen MR) is 85.7 cm³/mol. The molecule has 21 heavy (non-hydrogen) atoms.